The van der Waals surface area contributed by atoms with Crippen LogP contribution in [0.5, 0.6) is 0 Å². The van der Waals surface area contributed by atoms with Crippen LogP contribution in [0, 0.1) is 19.7 Å². The molecular weight excluding hydrogens is 449 g/mol. The maximum absolute atomic E-state index is 13.3. The molecule has 30 heavy (non-hydrogen) atoms. The summed E-state index contributed by atoms with van der Waals surface area (Å²) in [5.41, 5.74) is 1.05. The molecule has 1 amide bonds. The lowest BCUT2D eigenvalue weighted by atomic mass is 10.3. The van der Waals surface area contributed by atoms with Crippen LogP contribution in [0.3, 0.4) is 0 Å². The van der Waals surface area contributed by atoms with Crippen LogP contribution < -0.4 is 4.72 Å². The zero-order valence-electron chi connectivity index (χ0n) is 15.7. The highest BCUT2D eigenvalue weighted by Gasteiger charge is 2.27. The van der Waals surface area contributed by atoms with Crippen molar-refractivity contribution in [3.63, 3.8) is 0 Å². The van der Waals surface area contributed by atoms with Crippen molar-refractivity contribution in [2.75, 3.05) is 0 Å². The van der Waals surface area contributed by atoms with Crippen LogP contribution in [0.2, 0.25) is 0 Å². The number of aryl methyl sites for hydroxylation is 2. The van der Waals surface area contributed by atoms with Crippen LogP contribution in [0.25, 0.3) is 16.4 Å². The largest absolute Gasteiger partial charge is 0.304 e. The highest BCUT2D eigenvalue weighted by Crippen LogP contribution is 2.26. The zero-order valence-corrected chi connectivity index (χ0v) is 18.1. The van der Waals surface area contributed by atoms with E-state index in [4.69, 9.17) is 0 Å². The van der Waals surface area contributed by atoms with Crippen LogP contribution >= 0.6 is 22.7 Å². The molecule has 0 radical (unpaired) electrons. The second-order valence-electron chi connectivity index (χ2n) is 6.18. The van der Waals surface area contributed by atoms with Crippen molar-refractivity contribution < 1.29 is 17.6 Å². The number of hydrogen-bond acceptors (Lipinski definition) is 8. The second kappa shape index (κ2) is 7.70. The standard InChI is InChI=1S/C18H14FN5O3S3/c1-10-11(2)29-18(20-10)30(26,27)23-17(25)15-21-16(14-4-3-9-28-14)24(22-15)13-7-5-12(19)6-8-13/h3-9H,1-2H3,(H,23,25). The summed E-state index contributed by atoms with van der Waals surface area (Å²) in [5, 5.41) is 5.99. The van der Waals surface area contributed by atoms with Crippen molar-refractivity contribution in [2.45, 2.75) is 18.2 Å². The molecule has 0 bridgehead atoms. The number of halogens is 1. The molecule has 1 N–H and O–H groups in total. The van der Waals surface area contributed by atoms with Crippen LogP contribution in [0.4, 0.5) is 4.39 Å². The number of nitrogens with one attached hydrogen (secondary N) is 1. The Kier molecular flexibility index (Phi) is 5.22. The Hall–Kier alpha value is -2.96. The Morgan fingerprint density at radius 2 is 1.87 bits per heavy atom. The summed E-state index contributed by atoms with van der Waals surface area (Å²) < 4.78 is 41.5. The lowest BCUT2D eigenvalue weighted by Crippen LogP contribution is -2.31. The summed E-state index contributed by atoms with van der Waals surface area (Å²) in [5.74, 6) is -1.41. The van der Waals surface area contributed by atoms with E-state index in [2.05, 4.69) is 15.1 Å². The molecule has 4 rings (SSSR count). The van der Waals surface area contributed by atoms with Crippen molar-refractivity contribution in [1.29, 1.82) is 0 Å². The summed E-state index contributed by atoms with van der Waals surface area (Å²) in [6, 6.07) is 9.08. The first-order chi connectivity index (χ1) is 14.2. The number of carbonyl (C=O) groups is 1. The molecule has 4 aromatic rings. The van der Waals surface area contributed by atoms with Crippen LogP contribution in [0.15, 0.2) is 46.1 Å². The lowest BCUT2D eigenvalue weighted by Gasteiger charge is -2.04. The summed E-state index contributed by atoms with van der Waals surface area (Å²) in [4.78, 5) is 22.3. The summed E-state index contributed by atoms with van der Waals surface area (Å²) >= 11 is 2.34. The van der Waals surface area contributed by atoms with Gasteiger partial charge in [0.15, 0.2) is 5.82 Å². The third kappa shape index (κ3) is 3.88. The number of amides is 1. The number of nitrogens with zero attached hydrogens (tertiary/aromatic N) is 4. The summed E-state index contributed by atoms with van der Waals surface area (Å²) in [6.07, 6.45) is 0. The van der Waals surface area contributed by atoms with E-state index in [-0.39, 0.29) is 10.2 Å². The number of carbonyl (C=O) groups excluding carboxylic acids is 1. The third-order valence-corrected chi connectivity index (χ3v) is 7.74. The molecule has 0 aliphatic rings. The number of hydrogen-bond donors (Lipinski definition) is 1. The van der Waals surface area contributed by atoms with Gasteiger partial charge in [-0.25, -0.2) is 23.8 Å². The Balaban J connectivity index is 1.71. The SMILES string of the molecule is Cc1nc(S(=O)(=O)NC(=O)c2nc(-c3cccs3)n(-c3ccc(F)cc3)n2)sc1C. The Bertz CT molecular complexity index is 1310. The van der Waals surface area contributed by atoms with Gasteiger partial charge in [0.1, 0.15) is 5.82 Å². The van der Waals surface area contributed by atoms with Crippen LogP contribution in [0.1, 0.15) is 21.2 Å². The Labute approximate surface area is 179 Å². The molecule has 3 heterocycles. The second-order valence-corrected chi connectivity index (χ2v) is 10.2. The first-order valence-electron chi connectivity index (χ1n) is 8.52. The molecule has 0 saturated heterocycles. The van der Waals surface area contributed by atoms with Gasteiger partial charge >= 0.3 is 5.91 Å². The third-order valence-electron chi connectivity index (χ3n) is 4.09. The minimum atomic E-state index is -4.17. The van der Waals surface area contributed by atoms with E-state index >= 15 is 0 Å². The monoisotopic (exact) mass is 463 g/mol. The molecule has 0 aliphatic carbocycles. The van der Waals surface area contributed by atoms with Gasteiger partial charge in [-0.2, -0.15) is 8.42 Å². The van der Waals surface area contributed by atoms with Gasteiger partial charge in [-0.3, -0.25) is 4.79 Å². The number of thiazole rings is 1. The number of benzene rings is 1. The number of sulfonamides is 1. The average Bonchev–Trinajstić information content (AvgIpc) is 3.42. The Morgan fingerprint density at radius 1 is 1.13 bits per heavy atom. The highest BCUT2D eigenvalue weighted by molar-refractivity contribution is 7.92. The van der Waals surface area contributed by atoms with Gasteiger partial charge in [-0.1, -0.05) is 6.07 Å². The molecule has 0 aliphatic heterocycles. The fraction of sp³-hybridized carbons (Fsp3) is 0.111. The highest BCUT2D eigenvalue weighted by atomic mass is 32.2. The van der Waals surface area contributed by atoms with E-state index in [1.807, 2.05) is 10.1 Å². The molecule has 8 nitrogen and oxygen atoms in total. The van der Waals surface area contributed by atoms with Gasteiger partial charge in [0.2, 0.25) is 10.2 Å². The predicted molar refractivity (Wildman–Crippen MR) is 111 cm³/mol. The first-order valence-corrected chi connectivity index (χ1v) is 11.7. The maximum atomic E-state index is 13.3. The van der Waals surface area contributed by atoms with Gasteiger partial charge in [0, 0.05) is 4.88 Å². The lowest BCUT2D eigenvalue weighted by molar-refractivity contribution is 0.0971. The summed E-state index contributed by atoms with van der Waals surface area (Å²) in [7, 11) is -4.17. The van der Waals surface area contributed by atoms with E-state index in [1.165, 1.54) is 40.3 Å². The molecule has 0 spiro atoms. The van der Waals surface area contributed by atoms with Gasteiger partial charge in [0.25, 0.3) is 10.0 Å². The van der Waals surface area contributed by atoms with E-state index in [9.17, 15) is 17.6 Å². The van der Waals surface area contributed by atoms with Gasteiger partial charge < -0.3 is 0 Å². The van der Waals surface area contributed by atoms with E-state index in [0.717, 1.165) is 16.2 Å². The zero-order chi connectivity index (χ0) is 21.5. The normalized spacial score (nSPS) is 11.6. The summed E-state index contributed by atoms with van der Waals surface area (Å²) in [6.45, 7) is 3.43. The van der Waals surface area contributed by atoms with Gasteiger partial charge in [-0.15, -0.1) is 27.8 Å². The molecule has 12 heteroatoms. The van der Waals surface area contributed by atoms with Crippen molar-refractivity contribution in [2.24, 2.45) is 0 Å². The molecule has 0 saturated carbocycles. The molecule has 0 atom stereocenters. The van der Waals surface area contributed by atoms with E-state index < -0.39 is 21.7 Å². The average molecular weight is 464 g/mol. The molecule has 0 fully saturated rings. The fourth-order valence-corrected chi connectivity index (χ4v) is 5.46. The fourth-order valence-electron chi connectivity index (χ4n) is 2.51. The minimum absolute atomic E-state index is 0.206. The van der Waals surface area contributed by atoms with Gasteiger partial charge in [0.05, 0.1) is 16.3 Å². The number of rotatable bonds is 5. The van der Waals surface area contributed by atoms with E-state index in [0.29, 0.717) is 22.1 Å². The maximum Gasteiger partial charge on any atom is 0.304 e. The van der Waals surface area contributed by atoms with Crippen LogP contribution in [-0.4, -0.2) is 34.1 Å². The van der Waals surface area contributed by atoms with Crippen molar-refractivity contribution in [3.8, 4) is 16.4 Å². The molecule has 3 aromatic heterocycles. The van der Waals surface area contributed by atoms with Gasteiger partial charge in [-0.05, 0) is 49.6 Å². The molecular formula is C18H14FN5O3S3. The molecule has 0 unspecified atom stereocenters. The smallest absolute Gasteiger partial charge is 0.264 e. The molecule has 154 valence electrons. The minimum Gasteiger partial charge on any atom is -0.264 e. The topological polar surface area (TPSA) is 107 Å². The van der Waals surface area contributed by atoms with Crippen molar-refractivity contribution >= 4 is 38.6 Å². The van der Waals surface area contributed by atoms with E-state index in [1.54, 1.807) is 26.0 Å². The van der Waals surface area contributed by atoms with Crippen molar-refractivity contribution in [3.05, 3.63) is 64.0 Å². The van der Waals surface area contributed by atoms with Crippen LogP contribution in [-0.2, 0) is 10.0 Å². The molecule has 1 aromatic carbocycles. The Morgan fingerprint density at radius 3 is 2.47 bits per heavy atom. The van der Waals surface area contributed by atoms with Crippen molar-refractivity contribution in [1.82, 2.24) is 24.5 Å². The number of aromatic nitrogens is 4. The number of thiophene rings is 1. The first kappa shape index (κ1) is 20.3. The quantitative estimate of drug-likeness (QED) is 0.487. The predicted octanol–water partition coefficient (Wildman–Crippen LogP) is 3.33.